The van der Waals surface area contributed by atoms with E-state index in [2.05, 4.69) is 10.3 Å². The Morgan fingerprint density at radius 1 is 1.13 bits per heavy atom. The summed E-state index contributed by atoms with van der Waals surface area (Å²) < 4.78 is 1.34. The highest BCUT2D eigenvalue weighted by Gasteiger charge is 2.09. The minimum atomic E-state index is -0.218. The maximum Gasteiger partial charge on any atom is 0.261 e. The molecule has 1 aromatic heterocycles. The van der Waals surface area contributed by atoms with Gasteiger partial charge in [-0.15, -0.1) is 0 Å². The van der Waals surface area contributed by atoms with Crippen LogP contribution in [0.15, 0.2) is 59.7 Å². The summed E-state index contributed by atoms with van der Waals surface area (Å²) in [6.45, 7) is 2.31. The van der Waals surface area contributed by atoms with E-state index < -0.39 is 0 Å². The molecule has 0 aliphatic rings. The Bertz CT molecular complexity index is 901. The lowest BCUT2D eigenvalue weighted by molar-refractivity contribution is -0.121. The largest absolute Gasteiger partial charge is 0.350 e. The van der Waals surface area contributed by atoms with E-state index in [1.54, 1.807) is 6.07 Å². The van der Waals surface area contributed by atoms with Gasteiger partial charge in [-0.1, -0.05) is 42.5 Å². The van der Waals surface area contributed by atoms with E-state index in [1.165, 1.54) is 10.9 Å². The first-order valence-electron chi connectivity index (χ1n) is 7.40. The number of nitrogens with one attached hydrogen (secondary N) is 1. The molecule has 0 aliphatic heterocycles. The van der Waals surface area contributed by atoms with Crippen molar-refractivity contribution in [2.75, 3.05) is 0 Å². The predicted molar refractivity (Wildman–Crippen MR) is 89.0 cm³/mol. The Balaban J connectivity index is 1.75. The number of benzene rings is 2. The van der Waals surface area contributed by atoms with Crippen LogP contribution in [0, 0.1) is 6.92 Å². The molecule has 3 aromatic rings. The molecule has 5 nitrogen and oxygen atoms in total. The van der Waals surface area contributed by atoms with Gasteiger partial charge in [0.2, 0.25) is 5.91 Å². The number of hydrogen-bond acceptors (Lipinski definition) is 3. The Morgan fingerprint density at radius 2 is 1.91 bits per heavy atom. The molecule has 23 heavy (non-hydrogen) atoms. The highest BCUT2D eigenvalue weighted by Crippen LogP contribution is 2.11. The van der Waals surface area contributed by atoms with Crippen molar-refractivity contribution in [1.82, 2.24) is 14.9 Å². The number of aryl methyl sites for hydroxylation is 1. The molecule has 0 radical (unpaired) electrons. The molecule has 2 aromatic carbocycles. The van der Waals surface area contributed by atoms with Crippen LogP contribution in [0.5, 0.6) is 0 Å². The zero-order valence-corrected chi connectivity index (χ0v) is 12.8. The molecule has 116 valence electrons. The van der Waals surface area contributed by atoms with Crippen LogP contribution in [0.2, 0.25) is 0 Å². The van der Waals surface area contributed by atoms with Crippen molar-refractivity contribution in [2.45, 2.75) is 20.0 Å². The van der Waals surface area contributed by atoms with Crippen molar-refractivity contribution in [2.24, 2.45) is 0 Å². The third kappa shape index (κ3) is 3.29. The van der Waals surface area contributed by atoms with Crippen LogP contribution in [0.25, 0.3) is 10.9 Å². The zero-order valence-electron chi connectivity index (χ0n) is 12.8. The van der Waals surface area contributed by atoms with Crippen molar-refractivity contribution in [3.05, 3.63) is 76.3 Å². The molecular weight excluding hydrogens is 290 g/mol. The number of amides is 1. The average Bonchev–Trinajstić information content (AvgIpc) is 2.57. The van der Waals surface area contributed by atoms with Crippen LogP contribution < -0.4 is 10.9 Å². The van der Waals surface area contributed by atoms with Gasteiger partial charge in [0.1, 0.15) is 6.54 Å². The lowest BCUT2D eigenvalue weighted by Gasteiger charge is -2.08. The second kappa shape index (κ2) is 6.44. The summed E-state index contributed by atoms with van der Waals surface area (Å²) in [5.74, 6) is -0.218. The molecular formula is C18H17N3O2. The van der Waals surface area contributed by atoms with Crippen molar-refractivity contribution >= 4 is 16.8 Å². The summed E-state index contributed by atoms with van der Waals surface area (Å²) in [7, 11) is 0. The standard InChI is InChI=1S/C18H17N3O2/c1-13-6-5-9-15-17(13)20-12-21(18(15)23)11-16(22)19-10-14-7-3-2-4-8-14/h2-9,12H,10-11H2,1H3,(H,19,22). The first-order valence-corrected chi connectivity index (χ1v) is 7.40. The van der Waals surface area contributed by atoms with Crippen LogP contribution in [0.3, 0.4) is 0 Å². The third-order valence-electron chi connectivity index (χ3n) is 3.70. The number of hydrogen-bond donors (Lipinski definition) is 1. The summed E-state index contributed by atoms with van der Waals surface area (Å²) in [4.78, 5) is 28.8. The molecule has 1 heterocycles. The van der Waals surface area contributed by atoms with Crippen molar-refractivity contribution in [3.63, 3.8) is 0 Å². The van der Waals surface area contributed by atoms with E-state index >= 15 is 0 Å². The summed E-state index contributed by atoms with van der Waals surface area (Å²) in [6.07, 6.45) is 1.43. The first-order chi connectivity index (χ1) is 11.1. The third-order valence-corrected chi connectivity index (χ3v) is 3.70. The molecule has 3 rings (SSSR count). The second-order valence-electron chi connectivity index (χ2n) is 5.41. The topological polar surface area (TPSA) is 64.0 Å². The SMILES string of the molecule is Cc1cccc2c(=O)n(CC(=O)NCc3ccccc3)cnc12. The molecule has 0 saturated carbocycles. The average molecular weight is 307 g/mol. The fraction of sp³-hybridized carbons (Fsp3) is 0.167. The van der Waals surface area contributed by atoms with Crippen LogP contribution in [0.4, 0.5) is 0 Å². The van der Waals surface area contributed by atoms with E-state index in [-0.39, 0.29) is 18.0 Å². The fourth-order valence-electron chi connectivity index (χ4n) is 2.46. The molecule has 0 unspecified atom stereocenters. The van der Waals surface area contributed by atoms with Gasteiger partial charge in [0, 0.05) is 6.54 Å². The van der Waals surface area contributed by atoms with Gasteiger partial charge >= 0.3 is 0 Å². The minimum absolute atomic E-state index is 0.0391. The van der Waals surface area contributed by atoms with Crippen molar-refractivity contribution in [3.8, 4) is 0 Å². The van der Waals surface area contributed by atoms with Gasteiger partial charge < -0.3 is 5.32 Å². The normalized spacial score (nSPS) is 10.7. The van der Waals surface area contributed by atoms with Gasteiger partial charge in [0.25, 0.3) is 5.56 Å². The summed E-state index contributed by atoms with van der Waals surface area (Å²) in [6, 6.07) is 15.1. The molecule has 0 fully saturated rings. The van der Waals surface area contributed by atoms with Crippen LogP contribution in [0.1, 0.15) is 11.1 Å². The van der Waals surface area contributed by atoms with E-state index in [4.69, 9.17) is 0 Å². The highest BCUT2D eigenvalue weighted by atomic mass is 16.2. The number of fused-ring (bicyclic) bond motifs is 1. The lowest BCUT2D eigenvalue weighted by atomic mass is 10.1. The molecule has 0 atom stereocenters. The zero-order chi connectivity index (χ0) is 16.2. The van der Waals surface area contributed by atoms with Crippen LogP contribution in [-0.2, 0) is 17.9 Å². The Hall–Kier alpha value is -2.95. The molecule has 0 aliphatic carbocycles. The van der Waals surface area contributed by atoms with E-state index in [1.807, 2.05) is 49.4 Å². The maximum atomic E-state index is 12.4. The molecule has 0 saturated heterocycles. The van der Waals surface area contributed by atoms with Gasteiger partial charge in [-0.25, -0.2) is 4.98 Å². The molecule has 1 amide bonds. The maximum absolute atomic E-state index is 12.4. The minimum Gasteiger partial charge on any atom is -0.350 e. The fourth-order valence-corrected chi connectivity index (χ4v) is 2.46. The smallest absolute Gasteiger partial charge is 0.261 e. The Labute approximate surface area is 133 Å². The lowest BCUT2D eigenvalue weighted by Crippen LogP contribution is -2.32. The number of rotatable bonds is 4. The first kappa shape index (κ1) is 15.0. The van der Waals surface area contributed by atoms with Crippen LogP contribution in [-0.4, -0.2) is 15.5 Å². The van der Waals surface area contributed by atoms with Gasteiger partial charge in [-0.05, 0) is 24.1 Å². The number of nitrogens with zero attached hydrogens (tertiary/aromatic N) is 2. The van der Waals surface area contributed by atoms with Crippen molar-refractivity contribution in [1.29, 1.82) is 0 Å². The van der Waals surface area contributed by atoms with Gasteiger partial charge in [0.05, 0.1) is 17.2 Å². The van der Waals surface area contributed by atoms with Crippen LogP contribution >= 0.6 is 0 Å². The summed E-state index contributed by atoms with van der Waals surface area (Å²) >= 11 is 0. The highest BCUT2D eigenvalue weighted by molar-refractivity contribution is 5.81. The van der Waals surface area contributed by atoms with Gasteiger partial charge in [-0.2, -0.15) is 0 Å². The number of para-hydroxylation sites is 1. The molecule has 1 N–H and O–H groups in total. The Kier molecular flexibility index (Phi) is 4.19. The van der Waals surface area contributed by atoms with E-state index in [0.717, 1.165) is 11.1 Å². The quantitative estimate of drug-likeness (QED) is 0.802. The summed E-state index contributed by atoms with van der Waals surface area (Å²) in [5.41, 5.74) is 2.44. The van der Waals surface area contributed by atoms with Gasteiger partial charge in [0.15, 0.2) is 0 Å². The number of carbonyl (C=O) groups is 1. The predicted octanol–water partition coefficient (Wildman–Crippen LogP) is 2.02. The molecule has 0 bridgehead atoms. The number of carbonyl (C=O) groups excluding carboxylic acids is 1. The van der Waals surface area contributed by atoms with E-state index in [0.29, 0.717) is 17.4 Å². The number of aromatic nitrogens is 2. The monoisotopic (exact) mass is 307 g/mol. The Morgan fingerprint density at radius 3 is 2.70 bits per heavy atom. The van der Waals surface area contributed by atoms with Gasteiger partial charge in [-0.3, -0.25) is 14.2 Å². The summed E-state index contributed by atoms with van der Waals surface area (Å²) in [5, 5.41) is 3.34. The molecule has 0 spiro atoms. The molecule has 5 heteroatoms. The second-order valence-corrected chi connectivity index (χ2v) is 5.41. The van der Waals surface area contributed by atoms with E-state index in [9.17, 15) is 9.59 Å². The van der Waals surface area contributed by atoms with Crippen molar-refractivity contribution < 1.29 is 4.79 Å².